The molecule has 1 aromatic carbocycles. The molecule has 1 aromatic heterocycles. The van der Waals surface area contributed by atoms with Gasteiger partial charge < -0.3 is 5.32 Å². The number of carbonyl (C=O) groups is 2. The molecule has 136 valence electrons. The lowest BCUT2D eigenvalue weighted by Crippen LogP contribution is -2.49. The minimum absolute atomic E-state index is 0.0570. The van der Waals surface area contributed by atoms with Crippen molar-refractivity contribution in [2.24, 2.45) is 0 Å². The van der Waals surface area contributed by atoms with E-state index in [1.165, 1.54) is 0 Å². The van der Waals surface area contributed by atoms with Gasteiger partial charge in [0.15, 0.2) is 0 Å². The van der Waals surface area contributed by atoms with E-state index in [0.29, 0.717) is 12.0 Å². The zero-order chi connectivity index (χ0) is 18.8. The third-order valence-corrected chi connectivity index (χ3v) is 5.02. The van der Waals surface area contributed by atoms with Gasteiger partial charge in [0, 0.05) is 23.5 Å². The average Bonchev–Trinajstić information content (AvgIpc) is 3.44. The molecule has 0 unspecified atom stereocenters. The maximum Gasteiger partial charge on any atom is 0.260 e. The second-order valence-corrected chi connectivity index (χ2v) is 7.70. The monoisotopic (exact) mass is 369 g/mol. The molecule has 0 spiro atoms. The molecule has 0 aliphatic heterocycles. The van der Waals surface area contributed by atoms with Gasteiger partial charge in [0.25, 0.3) is 5.91 Å². The standard InChI is InChI=1S/C20H23N3O2S/c1-19(2,12-14-5-7-15(8-6-14)17(24)23-26)22-18(25)20(9-10-20)16-4-3-11-21-13-16/h3-8,11,13,26H,9-10,12H2,1-2H3,(H,22,25)(H,23,24). The van der Waals surface area contributed by atoms with Gasteiger partial charge in [-0.05, 0) is 62.4 Å². The van der Waals surface area contributed by atoms with Gasteiger partial charge in [-0.3, -0.25) is 19.3 Å². The SMILES string of the molecule is CC(C)(Cc1ccc(C(=O)NS)cc1)NC(=O)C1(c2cccnc2)CC1. The molecule has 1 fully saturated rings. The van der Waals surface area contributed by atoms with E-state index in [-0.39, 0.29) is 11.8 Å². The lowest BCUT2D eigenvalue weighted by molar-refractivity contribution is -0.125. The van der Waals surface area contributed by atoms with E-state index in [2.05, 4.69) is 27.8 Å². The molecule has 5 nitrogen and oxygen atoms in total. The number of pyridine rings is 1. The molecule has 1 heterocycles. The number of nitrogens with zero attached hydrogens (tertiary/aromatic N) is 1. The second-order valence-electron chi connectivity index (χ2n) is 7.48. The van der Waals surface area contributed by atoms with Crippen molar-refractivity contribution >= 4 is 24.6 Å². The number of thiol groups is 1. The average molecular weight is 369 g/mol. The Kier molecular flexibility index (Phi) is 5.05. The van der Waals surface area contributed by atoms with E-state index >= 15 is 0 Å². The summed E-state index contributed by atoms with van der Waals surface area (Å²) in [6, 6.07) is 11.2. The first-order chi connectivity index (χ1) is 12.4. The number of benzene rings is 1. The number of hydrogen-bond acceptors (Lipinski definition) is 4. The molecular weight excluding hydrogens is 346 g/mol. The molecule has 1 aliphatic carbocycles. The van der Waals surface area contributed by atoms with Crippen LogP contribution in [0.15, 0.2) is 48.8 Å². The number of carbonyl (C=O) groups excluding carboxylic acids is 2. The number of amides is 2. The van der Waals surface area contributed by atoms with Crippen molar-refractivity contribution in [2.45, 2.75) is 44.1 Å². The van der Waals surface area contributed by atoms with Crippen molar-refractivity contribution in [3.8, 4) is 0 Å². The fourth-order valence-corrected chi connectivity index (χ4v) is 3.37. The summed E-state index contributed by atoms with van der Waals surface area (Å²) in [5.74, 6) is -0.179. The first-order valence-electron chi connectivity index (χ1n) is 8.63. The van der Waals surface area contributed by atoms with Crippen molar-refractivity contribution in [3.05, 3.63) is 65.5 Å². The fraction of sp³-hybridized carbons (Fsp3) is 0.350. The largest absolute Gasteiger partial charge is 0.350 e. The van der Waals surface area contributed by atoms with Gasteiger partial charge >= 0.3 is 0 Å². The van der Waals surface area contributed by atoms with Gasteiger partial charge in [0.05, 0.1) is 5.41 Å². The molecule has 1 saturated carbocycles. The first-order valence-corrected chi connectivity index (χ1v) is 9.08. The summed E-state index contributed by atoms with van der Waals surface area (Å²) in [5, 5.41) is 3.20. The lowest BCUT2D eigenvalue weighted by Gasteiger charge is -2.29. The van der Waals surface area contributed by atoms with Gasteiger partial charge in [-0.2, -0.15) is 0 Å². The quantitative estimate of drug-likeness (QED) is 0.686. The Balaban J connectivity index is 1.67. The summed E-state index contributed by atoms with van der Waals surface area (Å²) < 4.78 is 2.31. The van der Waals surface area contributed by atoms with Crippen LogP contribution >= 0.6 is 12.8 Å². The van der Waals surface area contributed by atoms with E-state index in [9.17, 15) is 9.59 Å². The third kappa shape index (κ3) is 3.90. The van der Waals surface area contributed by atoms with Crippen LogP contribution in [0.5, 0.6) is 0 Å². The molecule has 3 rings (SSSR count). The van der Waals surface area contributed by atoms with Gasteiger partial charge in [0.2, 0.25) is 5.91 Å². The second kappa shape index (κ2) is 7.11. The number of hydrogen-bond donors (Lipinski definition) is 3. The molecule has 2 amide bonds. The number of aromatic nitrogens is 1. The van der Waals surface area contributed by atoms with Gasteiger partial charge in [-0.15, -0.1) is 0 Å². The highest BCUT2D eigenvalue weighted by molar-refractivity contribution is 7.78. The van der Waals surface area contributed by atoms with E-state index in [1.54, 1.807) is 24.5 Å². The maximum absolute atomic E-state index is 12.9. The Labute approximate surface area is 159 Å². The summed E-state index contributed by atoms with van der Waals surface area (Å²) in [7, 11) is 0. The predicted molar refractivity (Wildman–Crippen MR) is 104 cm³/mol. The summed E-state index contributed by atoms with van der Waals surface area (Å²) in [4.78, 5) is 28.6. The van der Waals surface area contributed by atoms with Crippen LogP contribution in [0.4, 0.5) is 0 Å². The predicted octanol–water partition coefficient (Wildman–Crippen LogP) is 2.83. The van der Waals surface area contributed by atoms with Gasteiger partial charge in [0.1, 0.15) is 0 Å². The molecule has 2 aromatic rings. The summed E-state index contributed by atoms with van der Waals surface area (Å²) in [6.07, 6.45) is 5.89. The van der Waals surface area contributed by atoms with E-state index in [4.69, 9.17) is 0 Å². The molecule has 0 bridgehead atoms. The van der Waals surface area contributed by atoms with Crippen LogP contribution in [-0.4, -0.2) is 22.3 Å². The van der Waals surface area contributed by atoms with Crippen LogP contribution in [0.3, 0.4) is 0 Å². The van der Waals surface area contributed by atoms with Crippen molar-refractivity contribution in [2.75, 3.05) is 0 Å². The third-order valence-electron chi connectivity index (χ3n) is 4.81. The summed E-state index contributed by atoms with van der Waals surface area (Å²) in [5.41, 5.74) is 1.76. The Morgan fingerprint density at radius 2 is 1.88 bits per heavy atom. The Morgan fingerprint density at radius 1 is 1.19 bits per heavy atom. The van der Waals surface area contributed by atoms with Crippen LogP contribution in [-0.2, 0) is 16.6 Å². The molecular formula is C20H23N3O2S. The number of rotatable bonds is 6. The van der Waals surface area contributed by atoms with Crippen LogP contribution < -0.4 is 10.0 Å². The summed E-state index contributed by atoms with van der Waals surface area (Å²) >= 11 is 3.77. The topological polar surface area (TPSA) is 71.1 Å². The maximum atomic E-state index is 12.9. The minimum atomic E-state index is -0.431. The zero-order valence-electron chi connectivity index (χ0n) is 15.0. The van der Waals surface area contributed by atoms with Crippen LogP contribution in [0.1, 0.15) is 48.2 Å². The zero-order valence-corrected chi connectivity index (χ0v) is 15.8. The van der Waals surface area contributed by atoms with Crippen molar-refractivity contribution in [3.63, 3.8) is 0 Å². The highest BCUT2D eigenvalue weighted by atomic mass is 32.1. The molecule has 1 aliphatic rings. The Hall–Kier alpha value is -2.34. The Morgan fingerprint density at radius 3 is 2.42 bits per heavy atom. The van der Waals surface area contributed by atoms with Gasteiger partial charge in [-0.25, -0.2) is 0 Å². The van der Waals surface area contributed by atoms with E-state index in [1.807, 2.05) is 38.1 Å². The molecule has 26 heavy (non-hydrogen) atoms. The highest BCUT2D eigenvalue weighted by Gasteiger charge is 2.52. The van der Waals surface area contributed by atoms with Crippen LogP contribution in [0, 0.1) is 0 Å². The van der Waals surface area contributed by atoms with Crippen molar-refractivity contribution < 1.29 is 9.59 Å². The normalized spacial score (nSPS) is 15.2. The summed E-state index contributed by atoms with van der Waals surface area (Å²) in [6.45, 7) is 4.02. The first kappa shape index (κ1) is 18.5. The lowest BCUT2D eigenvalue weighted by atomic mass is 9.91. The van der Waals surface area contributed by atoms with Crippen molar-refractivity contribution in [1.29, 1.82) is 0 Å². The van der Waals surface area contributed by atoms with Crippen LogP contribution in [0.2, 0.25) is 0 Å². The fourth-order valence-electron chi connectivity index (χ4n) is 3.24. The molecule has 0 radical (unpaired) electrons. The minimum Gasteiger partial charge on any atom is -0.350 e. The smallest absolute Gasteiger partial charge is 0.260 e. The molecule has 0 atom stereocenters. The molecule has 2 N–H and O–H groups in total. The van der Waals surface area contributed by atoms with Crippen molar-refractivity contribution in [1.82, 2.24) is 15.0 Å². The van der Waals surface area contributed by atoms with Crippen LogP contribution in [0.25, 0.3) is 0 Å². The Bertz CT molecular complexity index is 800. The molecule has 0 saturated heterocycles. The van der Waals surface area contributed by atoms with E-state index < -0.39 is 11.0 Å². The highest BCUT2D eigenvalue weighted by Crippen LogP contribution is 2.48. The van der Waals surface area contributed by atoms with Gasteiger partial charge in [-0.1, -0.05) is 31.0 Å². The van der Waals surface area contributed by atoms with E-state index in [0.717, 1.165) is 24.0 Å². The number of nitrogens with one attached hydrogen (secondary N) is 2. The molecule has 6 heteroatoms.